The van der Waals surface area contributed by atoms with Crippen molar-refractivity contribution in [2.24, 2.45) is 0 Å². The van der Waals surface area contributed by atoms with Gasteiger partial charge in [-0.25, -0.2) is 4.57 Å². The van der Waals surface area contributed by atoms with E-state index in [2.05, 4.69) is 38.2 Å². The van der Waals surface area contributed by atoms with Crippen LogP contribution in [0.4, 0.5) is 0 Å². The van der Waals surface area contributed by atoms with Crippen molar-refractivity contribution in [2.45, 2.75) is 142 Å². The van der Waals surface area contributed by atoms with Crippen LogP contribution in [0.1, 0.15) is 136 Å². The highest BCUT2D eigenvalue weighted by Crippen LogP contribution is 2.43. The molecule has 0 saturated heterocycles. The van der Waals surface area contributed by atoms with Gasteiger partial charge in [0.25, 0.3) is 0 Å². The smallest absolute Gasteiger partial charge is 0.457 e. The number of hydrogen-bond donors (Lipinski definition) is 1. The van der Waals surface area contributed by atoms with Gasteiger partial charge < -0.3 is 18.9 Å². The molecule has 0 saturated carbocycles. The fraction of sp³-hybridized carbons (Fsp3) is 0.857. The Kier molecular flexibility index (Phi) is 28.7. The topological polar surface area (TPSA) is 91.3 Å². The predicted molar refractivity (Wildman–Crippen MR) is 183 cm³/mol. The molecule has 1 N–H and O–H groups in total. The summed E-state index contributed by atoms with van der Waals surface area (Å²) >= 11 is 0. The van der Waals surface area contributed by atoms with Gasteiger partial charge in [0.15, 0.2) is 0 Å². The van der Waals surface area contributed by atoms with Crippen LogP contribution < -0.4 is 0 Å². The predicted octanol–water partition coefficient (Wildman–Crippen LogP) is 9.32. The number of phosphoric acid groups is 1. The Morgan fingerprint density at radius 1 is 0.705 bits per heavy atom. The molecule has 0 spiro atoms. The van der Waals surface area contributed by atoms with Crippen LogP contribution >= 0.6 is 7.82 Å². The fourth-order valence-corrected chi connectivity index (χ4v) is 5.20. The number of allylic oxidation sites excluding steroid dienone is 4. The Morgan fingerprint density at radius 3 is 1.86 bits per heavy atom. The molecule has 0 fully saturated rings. The number of unbranched alkanes of at least 4 members (excludes halogenated alkanes) is 14. The molecule has 2 unspecified atom stereocenters. The van der Waals surface area contributed by atoms with Crippen LogP contribution in [-0.4, -0.2) is 75.6 Å². The summed E-state index contributed by atoms with van der Waals surface area (Å²) in [6.45, 7) is 5.52. The zero-order valence-electron chi connectivity index (χ0n) is 29.1. The van der Waals surface area contributed by atoms with Crippen molar-refractivity contribution >= 4 is 13.8 Å². The largest absolute Gasteiger partial charge is 0.472 e. The number of esters is 1. The van der Waals surface area contributed by atoms with Gasteiger partial charge in [0.2, 0.25) is 0 Å². The molecule has 0 aliphatic heterocycles. The number of likely N-dealkylation sites (N-methyl/N-ethyl adjacent to an activating group) is 1. The quantitative estimate of drug-likeness (QED) is 0.0256. The van der Waals surface area contributed by atoms with Gasteiger partial charge >= 0.3 is 13.8 Å². The summed E-state index contributed by atoms with van der Waals surface area (Å²) in [6, 6.07) is 0. The van der Waals surface area contributed by atoms with Crippen LogP contribution in [0.2, 0.25) is 0 Å². The first-order valence-electron chi connectivity index (χ1n) is 17.6. The van der Waals surface area contributed by atoms with Crippen molar-refractivity contribution in [3.8, 4) is 0 Å². The molecule has 0 aliphatic carbocycles. The second-order valence-electron chi connectivity index (χ2n) is 12.9. The lowest BCUT2D eigenvalue weighted by Crippen LogP contribution is -2.37. The minimum absolute atomic E-state index is 0.0865. The molecule has 0 rings (SSSR count). The number of phosphoric ester groups is 1. The summed E-state index contributed by atoms with van der Waals surface area (Å²) in [5, 5.41) is 0. The van der Waals surface area contributed by atoms with Crippen molar-refractivity contribution in [3.05, 3.63) is 24.3 Å². The summed E-state index contributed by atoms with van der Waals surface area (Å²) in [5.74, 6) is -0.332. The average Bonchev–Trinajstić information content (AvgIpc) is 2.96. The molecule has 0 amide bonds. The number of ether oxygens (including phenoxy) is 2. The highest BCUT2D eigenvalue weighted by molar-refractivity contribution is 7.47. The number of quaternary nitrogens is 1. The van der Waals surface area contributed by atoms with Crippen LogP contribution in [0.5, 0.6) is 0 Å². The average molecular weight is 647 g/mol. The summed E-state index contributed by atoms with van der Waals surface area (Å²) in [5.41, 5.74) is 0. The van der Waals surface area contributed by atoms with E-state index in [1.165, 1.54) is 57.8 Å². The summed E-state index contributed by atoms with van der Waals surface area (Å²) in [7, 11) is 1.65. The lowest BCUT2D eigenvalue weighted by atomic mass is 10.1. The molecule has 0 aromatic carbocycles. The van der Waals surface area contributed by atoms with Crippen molar-refractivity contribution in [3.63, 3.8) is 0 Å². The normalized spacial score (nSPS) is 14.4. The van der Waals surface area contributed by atoms with E-state index in [1.54, 1.807) is 0 Å². The Morgan fingerprint density at radius 2 is 1.25 bits per heavy atom. The van der Waals surface area contributed by atoms with Gasteiger partial charge in [-0.15, -0.1) is 0 Å². The second-order valence-corrected chi connectivity index (χ2v) is 14.4. The third kappa shape index (κ3) is 32.4. The molecule has 0 bridgehead atoms. The number of carbonyl (C=O) groups is 1. The summed E-state index contributed by atoms with van der Waals surface area (Å²) in [4.78, 5) is 22.6. The van der Waals surface area contributed by atoms with Gasteiger partial charge in [0.1, 0.15) is 19.3 Å². The summed E-state index contributed by atoms with van der Waals surface area (Å²) < 4.78 is 34.6. The lowest BCUT2D eigenvalue weighted by Gasteiger charge is -2.24. The van der Waals surface area contributed by atoms with E-state index in [1.807, 2.05) is 21.1 Å². The molecule has 0 heterocycles. The highest BCUT2D eigenvalue weighted by atomic mass is 31.2. The number of carbonyl (C=O) groups excluding carboxylic acids is 1. The zero-order chi connectivity index (χ0) is 32.8. The SMILES string of the molecule is CCCCCC/C=C\C/C=C\CCCCCCCC(=O)OC(COCCCCCCCC)COP(=O)(O)OCC[N+](C)(C)C. The maximum absolute atomic E-state index is 12.5. The molecule has 0 radical (unpaired) electrons. The van der Waals surface area contributed by atoms with E-state index in [0.29, 0.717) is 24.1 Å². The summed E-state index contributed by atoms with van der Waals surface area (Å²) in [6.07, 6.45) is 29.3. The van der Waals surface area contributed by atoms with Crippen molar-refractivity contribution < 1.29 is 37.3 Å². The Labute approximate surface area is 271 Å². The van der Waals surface area contributed by atoms with Crippen LogP contribution in [0.25, 0.3) is 0 Å². The van der Waals surface area contributed by atoms with E-state index >= 15 is 0 Å². The van der Waals surface area contributed by atoms with E-state index in [0.717, 1.165) is 57.8 Å². The Hall–Kier alpha value is -1.02. The maximum Gasteiger partial charge on any atom is 0.472 e. The van der Waals surface area contributed by atoms with Gasteiger partial charge in [-0.3, -0.25) is 13.8 Å². The molecule has 260 valence electrons. The molecular weight excluding hydrogens is 577 g/mol. The van der Waals surface area contributed by atoms with Crippen molar-refractivity contribution in [2.75, 3.05) is 54.1 Å². The minimum atomic E-state index is -4.26. The highest BCUT2D eigenvalue weighted by Gasteiger charge is 2.26. The third-order valence-electron chi connectivity index (χ3n) is 7.27. The number of rotatable bonds is 32. The van der Waals surface area contributed by atoms with Crippen molar-refractivity contribution in [1.29, 1.82) is 0 Å². The van der Waals surface area contributed by atoms with Gasteiger partial charge in [0.05, 0.1) is 34.4 Å². The van der Waals surface area contributed by atoms with Gasteiger partial charge in [-0.2, -0.15) is 0 Å². The number of nitrogens with zero attached hydrogens (tertiary/aromatic N) is 1. The zero-order valence-corrected chi connectivity index (χ0v) is 30.0. The Bertz CT molecular complexity index is 767. The second kappa shape index (κ2) is 29.4. The first kappa shape index (κ1) is 43.0. The molecule has 0 aromatic rings. The van der Waals surface area contributed by atoms with Crippen molar-refractivity contribution in [1.82, 2.24) is 0 Å². The van der Waals surface area contributed by atoms with Gasteiger partial charge in [-0.05, 0) is 44.9 Å². The van der Waals surface area contributed by atoms with Crippen LogP contribution in [0, 0.1) is 0 Å². The first-order chi connectivity index (χ1) is 21.1. The minimum Gasteiger partial charge on any atom is -0.457 e. The molecule has 0 aliphatic rings. The number of hydrogen-bond acceptors (Lipinski definition) is 6. The lowest BCUT2D eigenvalue weighted by molar-refractivity contribution is -0.870. The molecular formula is C35H69NO7P+. The molecule has 2 atom stereocenters. The van der Waals surface area contributed by atoms with E-state index in [-0.39, 0.29) is 25.8 Å². The van der Waals surface area contributed by atoms with Gasteiger partial charge in [0, 0.05) is 13.0 Å². The van der Waals surface area contributed by atoms with E-state index in [4.69, 9.17) is 18.5 Å². The molecule has 0 aromatic heterocycles. The molecule has 44 heavy (non-hydrogen) atoms. The first-order valence-corrected chi connectivity index (χ1v) is 19.1. The third-order valence-corrected chi connectivity index (χ3v) is 8.25. The van der Waals surface area contributed by atoms with Crippen LogP contribution in [0.3, 0.4) is 0 Å². The van der Waals surface area contributed by atoms with Gasteiger partial charge in [-0.1, -0.05) is 109 Å². The Balaban J connectivity index is 4.27. The molecule has 8 nitrogen and oxygen atoms in total. The van der Waals surface area contributed by atoms with Crippen LogP contribution in [-0.2, 0) is 27.9 Å². The van der Waals surface area contributed by atoms with E-state index < -0.39 is 13.9 Å². The van der Waals surface area contributed by atoms with Crippen LogP contribution in [0.15, 0.2) is 24.3 Å². The fourth-order valence-electron chi connectivity index (χ4n) is 4.46. The maximum atomic E-state index is 12.5. The van der Waals surface area contributed by atoms with E-state index in [9.17, 15) is 14.3 Å². The molecule has 9 heteroatoms. The standard InChI is InChI=1S/C35H68NO7P/c1-6-8-10-12-14-15-16-17-18-19-20-21-22-23-24-26-28-35(37)43-34(32-40-30-27-25-13-11-9-7-2)33-42-44(38,39)41-31-29-36(3,4)5/h15-16,18-19,34H,6-14,17,20-33H2,1-5H3/p+1/b16-15-,19-18-. The monoisotopic (exact) mass is 646 g/mol.